The Kier molecular flexibility index (Phi) is 5.03. The molecule has 2 N–H and O–H groups in total. The minimum atomic E-state index is -0.507. The van der Waals surface area contributed by atoms with Gasteiger partial charge in [-0.05, 0) is 49.1 Å². The number of ether oxygens (including phenoxy) is 2. The van der Waals surface area contributed by atoms with Crippen LogP contribution >= 0.6 is 0 Å². The number of nitrogen functional groups attached to an aromatic ring is 1. The van der Waals surface area contributed by atoms with Crippen LogP contribution in [0.3, 0.4) is 0 Å². The molecule has 1 fully saturated rings. The third-order valence-electron chi connectivity index (χ3n) is 5.70. The van der Waals surface area contributed by atoms with Crippen LogP contribution in [0.2, 0.25) is 0 Å². The van der Waals surface area contributed by atoms with Crippen LogP contribution in [0.25, 0.3) is 27.9 Å². The zero-order valence-electron chi connectivity index (χ0n) is 17.4. The van der Waals surface area contributed by atoms with Gasteiger partial charge in [-0.3, -0.25) is 4.57 Å². The molecule has 0 radical (unpaired) electrons. The molecule has 7 nitrogen and oxygen atoms in total. The van der Waals surface area contributed by atoms with Crippen LogP contribution in [0.15, 0.2) is 48.5 Å². The van der Waals surface area contributed by atoms with E-state index in [2.05, 4.69) is 13.0 Å². The number of aromatic nitrogens is 3. The SMILES string of the molecule is CCc1cccc(-n2c(N)c(C(=O)OCC3CCCO3)c3nc4ccccc4nc32)c1. The predicted octanol–water partition coefficient (Wildman–Crippen LogP) is 4.05. The number of benzene rings is 2. The molecule has 5 rings (SSSR count). The molecule has 2 aromatic heterocycles. The lowest BCUT2D eigenvalue weighted by Crippen LogP contribution is -2.18. The number of hydrogen-bond acceptors (Lipinski definition) is 6. The van der Waals surface area contributed by atoms with Crippen molar-refractivity contribution in [2.45, 2.75) is 32.3 Å². The van der Waals surface area contributed by atoms with Gasteiger partial charge >= 0.3 is 5.97 Å². The van der Waals surface area contributed by atoms with Gasteiger partial charge in [-0.15, -0.1) is 0 Å². The Balaban J connectivity index is 1.67. The summed E-state index contributed by atoms with van der Waals surface area (Å²) in [5.74, 6) is -0.233. The first-order valence-corrected chi connectivity index (χ1v) is 10.6. The molecule has 1 atom stereocenters. The summed E-state index contributed by atoms with van der Waals surface area (Å²) in [6.07, 6.45) is 2.69. The van der Waals surface area contributed by atoms with E-state index in [-0.39, 0.29) is 24.1 Å². The zero-order valence-corrected chi connectivity index (χ0v) is 17.4. The third kappa shape index (κ3) is 3.51. The van der Waals surface area contributed by atoms with Gasteiger partial charge in [0.15, 0.2) is 5.65 Å². The van der Waals surface area contributed by atoms with Crippen LogP contribution in [0.5, 0.6) is 0 Å². The van der Waals surface area contributed by atoms with Crippen molar-refractivity contribution in [2.75, 3.05) is 18.9 Å². The van der Waals surface area contributed by atoms with Crippen LogP contribution in [-0.2, 0) is 15.9 Å². The fraction of sp³-hybridized carbons (Fsp3) is 0.292. The summed E-state index contributed by atoms with van der Waals surface area (Å²) < 4.78 is 12.9. The molecule has 0 spiro atoms. The van der Waals surface area contributed by atoms with E-state index < -0.39 is 5.97 Å². The van der Waals surface area contributed by atoms with Crippen molar-refractivity contribution in [3.8, 4) is 5.69 Å². The van der Waals surface area contributed by atoms with Crippen molar-refractivity contribution in [2.24, 2.45) is 0 Å². The lowest BCUT2D eigenvalue weighted by Gasteiger charge is -2.11. The number of nitrogens with zero attached hydrogens (tertiary/aromatic N) is 3. The van der Waals surface area contributed by atoms with Crippen LogP contribution in [0, 0.1) is 0 Å². The molecule has 0 amide bonds. The van der Waals surface area contributed by atoms with Gasteiger partial charge in [0.1, 0.15) is 23.5 Å². The average molecular weight is 416 g/mol. The molecule has 3 heterocycles. The highest BCUT2D eigenvalue weighted by Crippen LogP contribution is 2.32. The van der Waals surface area contributed by atoms with Crippen molar-refractivity contribution in [1.29, 1.82) is 0 Å². The van der Waals surface area contributed by atoms with E-state index >= 15 is 0 Å². The highest BCUT2D eigenvalue weighted by molar-refractivity contribution is 6.09. The maximum atomic E-state index is 13.1. The molecule has 7 heteroatoms. The Hall–Kier alpha value is -3.45. The second-order valence-electron chi connectivity index (χ2n) is 7.74. The van der Waals surface area contributed by atoms with Crippen LogP contribution in [0.1, 0.15) is 35.7 Å². The summed E-state index contributed by atoms with van der Waals surface area (Å²) in [6.45, 7) is 3.00. The number of rotatable bonds is 5. The highest BCUT2D eigenvalue weighted by Gasteiger charge is 2.27. The molecule has 1 aliphatic heterocycles. The smallest absolute Gasteiger partial charge is 0.344 e. The Bertz CT molecular complexity index is 1270. The fourth-order valence-corrected chi connectivity index (χ4v) is 4.06. The van der Waals surface area contributed by atoms with Crippen molar-refractivity contribution < 1.29 is 14.3 Å². The van der Waals surface area contributed by atoms with E-state index in [0.717, 1.165) is 36.0 Å². The average Bonchev–Trinajstić information content (AvgIpc) is 3.41. The first-order chi connectivity index (χ1) is 15.2. The molecular formula is C24H24N4O3. The minimum Gasteiger partial charge on any atom is -0.459 e. The van der Waals surface area contributed by atoms with Gasteiger partial charge in [0.05, 0.1) is 17.1 Å². The molecule has 4 aromatic rings. The third-order valence-corrected chi connectivity index (χ3v) is 5.70. The second-order valence-corrected chi connectivity index (χ2v) is 7.74. The molecular weight excluding hydrogens is 392 g/mol. The Morgan fingerprint density at radius 3 is 2.74 bits per heavy atom. The summed E-state index contributed by atoms with van der Waals surface area (Å²) in [7, 11) is 0. The summed E-state index contributed by atoms with van der Waals surface area (Å²) in [4.78, 5) is 22.6. The largest absolute Gasteiger partial charge is 0.459 e. The Morgan fingerprint density at radius 2 is 2.00 bits per heavy atom. The van der Waals surface area contributed by atoms with Gasteiger partial charge in [0.25, 0.3) is 0 Å². The normalized spacial score (nSPS) is 16.2. The van der Waals surface area contributed by atoms with Gasteiger partial charge < -0.3 is 15.2 Å². The van der Waals surface area contributed by atoms with Crippen molar-refractivity contribution in [3.05, 3.63) is 59.7 Å². The minimum absolute atomic E-state index is 0.0633. The molecule has 2 aromatic carbocycles. The first kappa shape index (κ1) is 19.5. The fourth-order valence-electron chi connectivity index (χ4n) is 4.06. The van der Waals surface area contributed by atoms with E-state index in [0.29, 0.717) is 23.3 Å². The second kappa shape index (κ2) is 8.00. The van der Waals surface area contributed by atoms with E-state index in [1.54, 1.807) is 4.57 Å². The van der Waals surface area contributed by atoms with Crippen LogP contribution in [0.4, 0.5) is 5.82 Å². The predicted molar refractivity (Wildman–Crippen MR) is 119 cm³/mol. The zero-order chi connectivity index (χ0) is 21.4. The lowest BCUT2D eigenvalue weighted by atomic mass is 10.1. The number of aryl methyl sites for hydroxylation is 1. The van der Waals surface area contributed by atoms with Gasteiger partial charge in [-0.2, -0.15) is 0 Å². The Labute approximate surface area is 179 Å². The number of anilines is 1. The van der Waals surface area contributed by atoms with Crippen molar-refractivity contribution >= 4 is 34.0 Å². The summed E-state index contributed by atoms with van der Waals surface area (Å²) >= 11 is 0. The molecule has 0 bridgehead atoms. The lowest BCUT2D eigenvalue weighted by molar-refractivity contribution is 0.0163. The Morgan fingerprint density at radius 1 is 1.19 bits per heavy atom. The molecule has 0 aliphatic carbocycles. The van der Waals surface area contributed by atoms with Crippen molar-refractivity contribution in [3.63, 3.8) is 0 Å². The monoisotopic (exact) mass is 416 g/mol. The highest BCUT2D eigenvalue weighted by atomic mass is 16.6. The number of nitrogens with two attached hydrogens (primary N) is 1. The molecule has 31 heavy (non-hydrogen) atoms. The number of carbonyl (C=O) groups is 1. The number of para-hydroxylation sites is 2. The summed E-state index contributed by atoms with van der Waals surface area (Å²) in [6, 6.07) is 15.6. The maximum Gasteiger partial charge on any atom is 0.344 e. The quantitative estimate of drug-likeness (QED) is 0.494. The molecule has 1 saturated heterocycles. The number of hydrogen-bond donors (Lipinski definition) is 1. The van der Waals surface area contributed by atoms with E-state index in [9.17, 15) is 4.79 Å². The number of fused-ring (bicyclic) bond motifs is 2. The van der Waals surface area contributed by atoms with E-state index in [1.807, 2.05) is 42.5 Å². The molecule has 1 aliphatic rings. The van der Waals surface area contributed by atoms with Gasteiger partial charge in [-0.1, -0.05) is 31.2 Å². The summed E-state index contributed by atoms with van der Waals surface area (Å²) in [5, 5.41) is 0. The standard InChI is InChI=1S/C24H24N4O3/c1-2-15-7-5-8-16(13-15)28-22(25)20(24(29)31-14-17-9-6-12-30-17)21-23(28)27-19-11-4-3-10-18(19)26-21/h3-5,7-8,10-11,13,17H,2,6,9,12,14,25H2,1H3. The molecule has 158 valence electrons. The van der Waals surface area contributed by atoms with Gasteiger partial charge in [0.2, 0.25) is 0 Å². The first-order valence-electron chi connectivity index (χ1n) is 10.6. The molecule has 0 saturated carbocycles. The van der Waals surface area contributed by atoms with Gasteiger partial charge in [0, 0.05) is 12.3 Å². The van der Waals surface area contributed by atoms with E-state index in [1.165, 1.54) is 0 Å². The molecule has 1 unspecified atom stereocenters. The number of esters is 1. The van der Waals surface area contributed by atoms with Crippen LogP contribution < -0.4 is 5.73 Å². The maximum absolute atomic E-state index is 13.1. The van der Waals surface area contributed by atoms with Crippen molar-refractivity contribution in [1.82, 2.24) is 14.5 Å². The number of carbonyl (C=O) groups excluding carboxylic acids is 1. The topological polar surface area (TPSA) is 92.3 Å². The van der Waals surface area contributed by atoms with Crippen LogP contribution in [-0.4, -0.2) is 39.8 Å². The van der Waals surface area contributed by atoms with Gasteiger partial charge in [-0.25, -0.2) is 14.8 Å². The van der Waals surface area contributed by atoms with E-state index in [4.69, 9.17) is 25.2 Å². The summed E-state index contributed by atoms with van der Waals surface area (Å²) in [5.41, 5.74) is 11.2.